The van der Waals surface area contributed by atoms with Gasteiger partial charge < -0.3 is 5.73 Å². The van der Waals surface area contributed by atoms with E-state index in [4.69, 9.17) is 5.73 Å². The van der Waals surface area contributed by atoms with Gasteiger partial charge in [-0.2, -0.15) is 0 Å². The van der Waals surface area contributed by atoms with Gasteiger partial charge in [0.25, 0.3) is 5.69 Å². The Hall–Kier alpha value is -1.67. The summed E-state index contributed by atoms with van der Waals surface area (Å²) in [5, 5.41) is 10.8. The van der Waals surface area contributed by atoms with Crippen molar-refractivity contribution in [1.82, 2.24) is 4.72 Å². The van der Waals surface area contributed by atoms with Gasteiger partial charge in [0.05, 0.1) is 4.92 Å². The second-order valence-electron chi connectivity index (χ2n) is 4.43. The number of anilines is 1. The summed E-state index contributed by atoms with van der Waals surface area (Å²) >= 11 is 0. The molecular weight excluding hydrogens is 258 g/mol. The lowest BCUT2D eigenvalue weighted by Crippen LogP contribution is -2.27. The summed E-state index contributed by atoms with van der Waals surface area (Å²) in [6.07, 6.45) is 0.745. The normalized spacial score (nSPS) is 22.7. The molecule has 18 heavy (non-hydrogen) atoms. The van der Waals surface area contributed by atoms with Gasteiger partial charge in [-0.25, -0.2) is 13.1 Å². The zero-order valence-corrected chi connectivity index (χ0v) is 10.5. The number of nitro groups is 1. The Labute approximate surface area is 104 Å². The van der Waals surface area contributed by atoms with Crippen molar-refractivity contribution >= 4 is 21.4 Å². The fourth-order valence-electron chi connectivity index (χ4n) is 1.65. The SMILES string of the molecule is CC1CC1NS(=O)(=O)c1cc(N)ccc1[N+](=O)[O-]. The van der Waals surface area contributed by atoms with Crippen LogP contribution in [0.15, 0.2) is 23.1 Å². The van der Waals surface area contributed by atoms with Crippen molar-refractivity contribution in [2.24, 2.45) is 5.92 Å². The predicted octanol–water partition coefficient (Wildman–Crippen LogP) is 0.864. The molecule has 1 aliphatic carbocycles. The molecule has 2 atom stereocenters. The van der Waals surface area contributed by atoms with Crippen LogP contribution >= 0.6 is 0 Å². The fourth-order valence-corrected chi connectivity index (χ4v) is 3.21. The molecule has 1 aromatic rings. The van der Waals surface area contributed by atoms with Crippen LogP contribution in [0.1, 0.15) is 13.3 Å². The van der Waals surface area contributed by atoms with Gasteiger partial charge in [0.1, 0.15) is 0 Å². The topological polar surface area (TPSA) is 115 Å². The van der Waals surface area contributed by atoms with Crippen LogP contribution in [-0.4, -0.2) is 19.4 Å². The maximum Gasteiger partial charge on any atom is 0.289 e. The Balaban J connectivity index is 2.42. The van der Waals surface area contributed by atoms with Crippen molar-refractivity contribution in [3.05, 3.63) is 28.3 Å². The van der Waals surface area contributed by atoms with E-state index < -0.39 is 20.6 Å². The first-order valence-electron chi connectivity index (χ1n) is 5.37. The minimum atomic E-state index is -3.90. The van der Waals surface area contributed by atoms with Crippen LogP contribution < -0.4 is 10.5 Å². The minimum Gasteiger partial charge on any atom is -0.399 e. The molecule has 0 amide bonds. The third-order valence-electron chi connectivity index (χ3n) is 2.89. The van der Waals surface area contributed by atoms with Crippen molar-refractivity contribution in [3.8, 4) is 0 Å². The summed E-state index contributed by atoms with van der Waals surface area (Å²) < 4.78 is 26.5. The molecule has 2 rings (SSSR count). The highest BCUT2D eigenvalue weighted by atomic mass is 32.2. The maximum atomic E-state index is 12.0. The molecule has 0 saturated heterocycles. The molecule has 3 N–H and O–H groups in total. The van der Waals surface area contributed by atoms with Gasteiger partial charge in [-0.05, 0) is 24.5 Å². The number of nitrogens with zero attached hydrogens (tertiary/aromatic N) is 1. The van der Waals surface area contributed by atoms with E-state index in [1.807, 2.05) is 6.92 Å². The number of nitrogens with one attached hydrogen (secondary N) is 1. The van der Waals surface area contributed by atoms with Gasteiger partial charge in [0, 0.05) is 17.8 Å². The maximum absolute atomic E-state index is 12.0. The van der Waals surface area contributed by atoms with Crippen LogP contribution in [0, 0.1) is 16.0 Å². The van der Waals surface area contributed by atoms with Gasteiger partial charge in [-0.1, -0.05) is 6.92 Å². The van der Waals surface area contributed by atoms with Crippen LogP contribution in [0.3, 0.4) is 0 Å². The van der Waals surface area contributed by atoms with E-state index in [-0.39, 0.29) is 22.5 Å². The quantitative estimate of drug-likeness (QED) is 0.479. The zero-order valence-electron chi connectivity index (χ0n) is 9.66. The molecule has 0 aromatic heterocycles. The van der Waals surface area contributed by atoms with Crippen molar-refractivity contribution in [1.29, 1.82) is 0 Å². The van der Waals surface area contributed by atoms with E-state index in [1.54, 1.807) is 0 Å². The standard InChI is InChI=1S/C10H13N3O4S/c1-6-4-8(6)12-18(16,17)10-5-7(11)2-3-9(10)13(14)15/h2-3,5-6,8,12H,4,11H2,1H3. The number of hydrogen-bond donors (Lipinski definition) is 2. The summed E-state index contributed by atoms with van der Waals surface area (Å²) in [5.74, 6) is 0.264. The number of sulfonamides is 1. The van der Waals surface area contributed by atoms with Crippen molar-refractivity contribution < 1.29 is 13.3 Å². The molecule has 0 aliphatic heterocycles. The number of nitrogens with two attached hydrogens (primary N) is 1. The number of nitro benzene ring substituents is 1. The molecular formula is C10H13N3O4S. The van der Waals surface area contributed by atoms with Crippen molar-refractivity contribution in [2.45, 2.75) is 24.3 Å². The highest BCUT2D eigenvalue weighted by Gasteiger charge is 2.38. The number of hydrogen-bond acceptors (Lipinski definition) is 5. The Bertz CT molecular complexity index is 599. The van der Waals surface area contributed by atoms with E-state index in [2.05, 4.69) is 4.72 Å². The first-order valence-corrected chi connectivity index (χ1v) is 6.86. The Morgan fingerprint density at radius 3 is 2.61 bits per heavy atom. The number of nitrogen functional groups attached to an aromatic ring is 1. The third-order valence-corrected chi connectivity index (χ3v) is 4.41. The molecule has 0 radical (unpaired) electrons. The fraction of sp³-hybridized carbons (Fsp3) is 0.400. The van der Waals surface area contributed by atoms with E-state index in [0.29, 0.717) is 0 Å². The minimum absolute atomic E-state index is 0.143. The average Bonchev–Trinajstić information content (AvgIpc) is 2.92. The predicted molar refractivity (Wildman–Crippen MR) is 65.4 cm³/mol. The second kappa shape index (κ2) is 4.21. The second-order valence-corrected chi connectivity index (χ2v) is 6.11. The Kier molecular flexibility index (Phi) is 2.99. The Morgan fingerprint density at radius 1 is 1.50 bits per heavy atom. The molecule has 0 bridgehead atoms. The number of rotatable bonds is 4. The van der Waals surface area contributed by atoms with Gasteiger partial charge in [0.2, 0.25) is 10.0 Å². The van der Waals surface area contributed by atoms with Gasteiger partial charge >= 0.3 is 0 Å². The van der Waals surface area contributed by atoms with E-state index in [9.17, 15) is 18.5 Å². The van der Waals surface area contributed by atoms with Gasteiger partial charge in [-0.15, -0.1) is 0 Å². The zero-order chi connectivity index (χ0) is 13.5. The van der Waals surface area contributed by atoms with Crippen LogP contribution in [0.4, 0.5) is 11.4 Å². The van der Waals surface area contributed by atoms with E-state index in [1.165, 1.54) is 6.07 Å². The molecule has 1 saturated carbocycles. The smallest absolute Gasteiger partial charge is 0.289 e. The molecule has 1 aliphatic rings. The number of benzene rings is 1. The lowest BCUT2D eigenvalue weighted by Gasteiger charge is -2.07. The third kappa shape index (κ3) is 2.44. The van der Waals surface area contributed by atoms with Crippen LogP contribution in [0.5, 0.6) is 0 Å². The Morgan fingerprint density at radius 2 is 2.11 bits per heavy atom. The van der Waals surface area contributed by atoms with E-state index >= 15 is 0 Å². The highest BCUT2D eigenvalue weighted by Crippen LogP contribution is 2.32. The highest BCUT2D eigenvalue weighted by molar-refractivity contribution is 7.89. The first-order chi connectivity index (χ1) is 8.31. The molecule has 7 nitrogen and oxygen atoms in total. The van der Waals surface area contributed by atoms with Crippen molar-refractivity contribution in [3.63, 3.8) is 0 Å². The molecule has 8 heteroatoms. The van der Waals surface area contributed by atoms with Gasteiger partial charge in [-0.3, -0.25) is 10.1 Å². The molecule has 0 spiro atoms. The lowest BCUT2D eigenvalue weighted by atomic mass is 10.3. The molecule has 98 valence electrons. The lowest BCUT2D eigenvalue weighted by molar-refractivity contribution is -0.387. The molecule has 0 heterocycles. The molecule has 1 fully saturated rings. The summed E-state index contributed by atoms with van der Waals surface area (Å²) in [6, 6.07) is 3.36. The van der Waals surface area contributed by atoms with Crippen molar-refractivity contribution in [2.75, 3.05) is 5.73 Å². The van der Waals surface area contributed by atoms with Crippen LogP contribution in [-0.2, 0) is 10.0 Å². The molecule has 2 unspecified atom stereocenters. The van der Waals surface area contributed by atoms with Gasteiger partial charge in [0.15, 0.2) is 4.90 Å². The monoisotopic (exact) mass is 271 g/mol. The summed E-state index contributed by atoms with van der Waals surface area (Å²) in [7, 11) is -3.90. The molecule has 1 aromatic carbocycles. The van der Waals surface area contributed by atoms with Crippen LogP contribution in [0.25, 0.3) is 0 Å². The van der Waals surface area contributed by atoms with Crippen LogP contribution in [0.2, 0.25) is 0 Å². The first kappa shape index (κ1) is 12.8. The summed E-state index contributed by atoms with van der Waals surface area (Å²) in [4.78, 5) is 9.70. The largest absolute Gasteiger partial charge is 0.399 e. The summed E-state index contributed by atoms with van der Waals surface area (Å²) in [6.45, 7) is 1.90. The summed E-state index contributed by atoms with van der Waals surface area (Å²) in [5.41, 5.74) is 5.19. The van der Waals surface area contributed by atoms with E-state index in [0.717, 1.165) is 18.6 Å². The average molecular weight is 271 g/mol.